The van der Waals surface area contributed by atoms with Crippen LogP contribution in [0.2, 0.25) is 0 Å². The molecule has 0 radical (unpaired) electrons. The van der Waals surface area contributed by atoms with E-state index >= 15 is 0 Å². The SMILES string of the molecule is C[C@H](C(N)=O)N1CC[C@H](C(F)F)c2ccccc21. The van der Waals surface area contributed by atoms with E-state index in [0.29, 0.717) is 24.2 Å². The molecular formula is C13H16F2N2O. The van der Waals surface area contributed by atoms with Gasteiger partial charge in [0.15, 0.2) is 0 Å². The average molecular weight is 254 g/mol. The Hall–Kier alpha value is -1.65. The number of primary amides is 1. The van der Waals surface area contributed by atoms with Gasteiger partial charge in [0.05, 0.1) is 0 Å². The number of amides is 1. The molecule has 0 fully saturated rings. The van der Waals surface area contributed by atoms with Crippen molar-refractivity contribution in [2.24, 2.45) is 5.73 Å². The number of anilines is 1. The van der Waals surface area contributed by atoms with Gasteiger partial charge in [-0.2, -0.15) is 0 Å². The molecule has 2 atom stereocenters. The second-order valence-electron chi connectivity index (χ2n) is 4.56. The van der Waals surface area contributed by atoms with Gasteiger partial charge >= 0.3 is 0 Å². The van der Waals surface area contributed by atoms with Crippen LogP contribution in [0, 0.1) is 0 Å². The first-order valence-corrected chi connectivity index (χ1v) is 5.95. The molecule has 0 unspecified atom stereocenters. The number of carbonyl (C=O) groups excluding carboxylic acids is 1. The van der Waals surface area contributed by atoms with Crippen molar-refractivity contribution < 1.29 is 13.6 Å². The molecule has 1 heterocycles. The fourth-order valence-electron chi connectivity index (χ4n) is 2.43. The fraction of sp³-hybridized carbons (Fsp3) is 0.462. The van der Waals surface area contributed by atoms with E-state index in [1.807, 2.05) is 0 Å². The Bertz CT molecular complexity index is 450. The molecule has 0 saturated carbocycles. The van der Waals surface area contributed by atoms with E-state index in [1.54, 1.807) is 36.1 Å². The van der Waals surface area contributed by atoms with Crippen molar-refractivity contribution in [2.45, 2.75) is 31.7 Å². The number of halogens is 2. The highest BCUT2D eigenvalue weighted by Crippen LogP contribution is 2.39. The van der Waals surface area contributed by atoms with E-state index in [9.17, 15) is 13.6 Å². The van der Waals surface area contributed by atoms with E-state index in [0.717, 1.165) is 0 Å². The van der Waals surface area contributed by atoms with Crippen molar-refractivity contribution >= 4 is 11.6 Å². The van der Waals surface area contributed by atoms with Crippen LogP contribution in [0.5, 0.6) is 0 Å². The highest BCUT2D eigenvalue weighted by atomic mass is 19.3. The van der Waals surface area contributed by atoms with Crippen LogP contribution in [0.25, 0.3) is 0 Å². The van der Waals surface area contributed by atoms with Gasteiger partial charge in [-0.25, -0.2) is 8.78 Å². The molecular weight excluding hydrogens is 238 g/mol. The lowest BCUT2D eigenvalue weighted by Gasteiger charge is -2.38. The number of nitrogens with two attached hydrogens (primary N) is 1. The highest BCUT2D eigenvalue weighted by Gasteiger charge is 2.33. The van der Waals surface area contributed by atoms with E-state index in [1.165, 1.54) is 0 Å². The first-order valence-electron chi connectivity index (χ1n) is 5.95. The van der Waals surface area contributed by atoms with Crippen LogP contribution in [-0.4, -0.2) is 24.9 Å². The Labute approximate surface area is 105 Å². The summed E-state index contributed by atoms with van der Waals surface area (Å²) in [5, 5.41) is 0. The van der Waals surface area contributed by atoms with Crippen LogP contribution < -0.4 is 10.6 Å². The molecule has 1 amide bonds. The molecule has 1 aromatic rings. The minimum Gasteiger partial charge on any atom is -0.368 e. The quantitative estimate of drug-likeness (QED) is 0.898. The molecule has 2 rings (SSSR count). The number of rotatable bonds is 3. The van der Waals surface area contributed by atoms with E-state index in [4.69, 9.17) is 5.73 Å². The second-order valence-corrected chi connectivity index (χ2v) is 4.56. The van der Waals surface area contributed by atoms with Crippen molar-refractivity contribution in [2.75, 3.05) is 11.4 Å². The standard InChI is InChI=1S/C13H16F2N2O/c1-8(13(16)18)17-7-6-10(12(14)15)9-4-2-3-5-11(9)17/h2-5,8,10,12H,6-7H2,1H3,(H2,16,18)/t8-,10+/m1/s1. The lowest BCUT2D eigenvalue weighted by atomic mass is 9.89. The molecule has 5 heteroatoms. The molecule has 2 N–H and O–H groups in total. The topological polar surface area (TPSA) is 46.3 Å². The molecule has 98 valence electrons. The first-order chi connectivity index (χ1) is 8.52. The lowest BCUT2D eigenvalue weighted by molar-refractivity contribution is -0.119. The van der Waals surface area contributed by atoms with Gasteiger partial charge in [-0.05, 0) is 25.0 Å². The zero-order valence-electron chi connectivity index (χ0n) is 10.1. The van der Waals surface area contributed by atoms with Gasteiger partial charge in [0, 0.05) is 18.2 Å². The monoisotopic (exact) mass is 254 g/mol. The van der Waals surface area contributed by atoms with Crippen LogP contribution in [0.15, 0.2) is 24.3 Å². The minimum atomic E-state index is -2.38. The number of fused-ring (bicyclic) bond motifs is 1. The van der Waals surface area contributed by atoms with Crippen LogP contribution in [-0.2, 0) is 4.79 Å². The summed E-state index contributed by atoms with van der Waals surface area (Å²) in [4.78, 5) is 13.1. The zero-order chi connectivity index (χ0) is 13.3. The average Bonchev–Trinajstić information content (AvgIpc) is 2.36. The normalized spacial score (nSPS) is 20.7. The summed E-state index contributed by atoms with van der Waals surface area (Å²) in [6.45, 7) is 2.12. The summed E-state index contributed by atoms with van der Waals surface area (Å²) in [6, 6.07) is 6.51. The second kappa shape index (κ2) is 4.92. The van der Waals surface area contributed by atoms with Gasteiger partial charge in [-0.15, -0.1) is 0 Å². The van der Waals surface area contributed by atoms with Gasteiger partial charge in [0.2, 0.25) is 12.3 Å². The van der Waals surface area contributed by atoms with Crippen molar-refractivity contribution in [1.82, 2.24) is 0 Å². The molecule has 0 aliphatic carbocycles. The van der Waals surface area contributed by atoms with Crippen molar-refractivity contribution in [1.29, 1.82) is 0 Å². The summed E-state index contributed by atoms with van der Waals surface area (Å²) >= 11 is 0. The number of para-hydroxylation sites is 1. The maximum absolute atomic E-state index is 13.0. The molecule has 18 heavy (non-hydrogen) atoms. The van der Waals surface area contributed by atoms with E-state index < -0.39 is 24.3 Å². The highest BCUT2D eigenvalue weighted by molar-refractivity contribution is 5.83. The Morgan fingerprint density at radius 1 is 1.44 bits per heavy atom. The summed E-state index contributed by atoms with van der Waals surface area (Å²) in [7, 11) is 0. The predicted molar refractivity (Wildman–Crippen MR) is 65.8 cm³/mol. The summed E-state index contributed by atoms with van der Waals surface area (Å²) < 4.78 is 26.0. The van der Waals surface area contributed by atoms with Crippen molar-refractivity contribution in [3.63, 3.8) is 0 Å². The number of alkyl halides is 2. The third-order valence-corrected chi connectivity index (χ3v) is 3.51. The van der Waals surface area contributed by atoms with Crippen molar-refractivity contribution in [3.05, 3.63) is 29.8 Å². The molecule has 1 aliphatic rings. The maximum atomic E-state index is 13.0. The maximum Gasteiger partial charge on any atom is 0.245 e. The molecule has 1 aromatic carbocycles. The molecule has 3 nitrogen and oxygen atoms in total. The van der Waals surface area contributed by atoms with E-state index in [2.05, 4.69) is 0 Å². The third kappa shape index (κ3) is 2.17. The lowest BCUT2D eigenvalue weighted by Crippen LogP contribution is -2.46. The number of carbonyl (C=O) groups is 1. The molecule has 1 aliphatic heterocycles. The summed E-state index contributed by atoms with van der Waals surface area (Å²) in [5.41, 5.74) is 6.59. The fourth-order valence-corrected chi connectivity index (χ4v) is 2.43. The number of hydrogen-bond donors (Lipinski definition) is 1. The molecule has 0 spiro atoms. The number of benzene rings is 1. The molecule has 0 saturated heterocycles. The van der Waals surface area contributed by atoms with Crippen molar-refractivity contribution in [3.8, 4) is 0 Å². The number of hydrogen-bond acceptors (Lipinski definition) is 2. The largest absolute Gasteiger partial charge is 0.368 e. The Morgan fingerprint density at radius 3 is 2.72 bits per heavy atom. The van der Waals surface area contributed by atoms with Crippen LogP contribution >= 0.6 is 0 Å². The van der Waals surface area contributed by atoms with Crippen LogP contribution in [0.3, 0.4) is 0 Å². The zero-order valence-corrected chi connectivity index (χ0v) is 10.1. The van der Waals surface area contributed by atoms with Crippen LogP contribution in [0.4, 0.5) is 14.5 Å². The summed E-state index contributed by atoms with van der Waals surface area (Å²) in [5.74, 6) is -1.20. The third-order valence-electron chi connectivity index (χ3n) is 3.51. The van der Waals surface area contributed by atoms with Gasteiger partial charge in [0.1, 0.15) is 6.04 Å². The van der Waals surface area contributed by atoms with Gasteiger partial charge in [-0.1, -0.05) is 18.2 Å². The number of nitrogens with zero attached hydrogens (tertiary/aromatic N) is 1. The summed E-state index contributed by atoms with van der Waals surface area (Å²) in [6.07, 6.45) is -2.04. The van der Waals surface area contributed by atoms with E-state index in [-0.39, 0.29) is 0 Å². The smallest absolute Gasteiger partial charge is 0.245 e. The molecule has 0 bridgehead atoms. The predicted octanol–water partition coefficient (Wildman–Crippen LogP) is 2.12. The first kappa shape index (κ1) is 12.8. The molecule has 0 aromatic heterocycles. The Balaban J connectivity index is 2.39. The van der Waals surface area contributed by atoms with Gasteiger partial charge in [0.25, 0.3) is 0 Å². The Kier molecular flexibility index (Phi) is 3.50. The van der Waals surface area contributed by atoms with Gasteiger partial charge in [-0.3, -0.25) is 4.79 Å². The van der Waals surface area contributed by atoms with Gasteiger partial charge < -0.3 is 10.6 Å². The van der Waals surface area contributed by atoms with Crippen LogP contribution in [0.1, 0.15) is 24.8 Å². The minimum absolute atomic E-state index is 0.340. The Morgan fingerprint density at radius 2 is 2.11 bits per heavy atom.